The predicted molar refractivity (Wildman–Crippen MR) is 142 cm³/mol. The Morgan fingerprint density at radius 2 is 1.70 bits per heavy atom. The zero-order valence-electron chi connectivity index (χ0n) is 20.6. The van der Waals surface area contributed by atoms with Gasteiger partial charge in [-0.3, -0.25) is 19.8 Å². The fraction of sp³-hybridized carbons (Fsp3) is 0.250. The minimum atomic E-state index is -4.59. The first-order valence-corrected chi connectivity index (χ1v) is 12.3. The van der Waals surface area contributed by atoms with Gasteiger partial charge in [0.15, 0.2) is 5.11 Å². The lowest BCUT2D eigenvalue weighted by atomic mass is 10.1. The topological polar surface area (TPSA) is 54.3 Å². The van der Waals surface area contributed by atoms with Crippen molar-refractivity contribution in [3.05, 3.63) is 88.2 Å². The van der Waals surface area contributed by atoms with E-state index in [0.717, 1.165) is 53.4 Å². The van der Waals surface area contributed by atoms with E-state index in [1.807, 2.05) is 36.6 Å². The number of hydrogen-bond acceptors (Lipinski definition) is 3. The number of carbonyl (C=O) groups is 2. The first kappa shape index (κ1) is 26.3. The van der Waals surface area contributed by atoms with Crippen molar-refractivity contribution >= 4 is 40.9 Å². The number of thiocarbonyl (C=S) groups is 1. The highest BCUT2D eigenvalue weighted by Crippen LogP contribution is 2.33. The van der Waals surface area contributed by atoms with Crippen LogP contribution in [0.1, 0.15) is 47.8 Å². The number of anilines is 1. The van der Waals surface area contributed by atoms with Crippen molar-refractivity contribution in [3.63, 3.8) is 0 Å². The molecule has 1 saturated heterocycles. The van der Waals surface area contributed by atoms with Crippen LogP contribution in [0.25, 0.3) is 11.8 Å². The predicted octanol–water partition coefficient (Wildman–Crippen LogP) is 6.29. The third-order valence-corrected chi connectivity index (χ3v) is 6.60. The molecule has 2 heterocycles. The summed E-state index contributed by atoms with van der Waals surface area (Å²) in [4.78, 5) is 27.0. The van der Waals surface area contributed by atoms with Crippen LogP contribution in [-0.2, 0) is 22.2 Å². The Bertz CT molecular complexity index is 1410. The molecule has 1 aromatic heterocycles. The fourth-order valence-electron chi connectivity index (χ4n) is 4.39. The van der Waals surface area contributed by atoms with E-state index in [0.29, 0.717) is 5.56 Å². The molecule has 5 nitrogen and oxygen atoms in total. The molecule has 192 valence electrons. The second kappa shape index (κ2) is 10.3. The van der Waals surface area contributed by atoms with Gasteiger partial charge in [0.2, 0.25) is 0 Å². The second-order valence-corrected chi connectivity index (χ2v) is 9.32. The molecule has 1 aliphatic heterocycles. The lowest BCUT2D eigenvalue weighted by Crippen LogP contribution is -2.54. The summed E-state index contributed by atoms with van der Waals surface area (Å²) in [5.74, 6) is -1.50. The highest BCUT2D eigenvalue weighted by Gasteiger charge is 2.36. The maximum atomic E-state index is 13.3. The molecule has 0 spiro atoms. The average molecular weight is 526 g/mol. The number of alkyl halides is 3. The van der Waals surface area contributed by atoms with Crippen LogP contribution in [0.2, 0.25) is 0 Å². The summed E-state index contributed by atoms with van der Waals surface area (Å²) < 4.78 is 41.7. The molecule has 0 radical (unpaired) electrons. The summed E-state index contributed by atoms with van der Waals surface area (Å²) in [6.07, 6.45) is 0.116. The number of amides is 2. The molecular weight excluding hydrogens is 499 g/mol. The van der Waals surface area contributed by atoms with Gasteiger partial charge in [-0.15, -0.1) is 0 Å². The number of benzene rings is 2. The van der Waals surface area contributed by atoms with Crippen LogP contribution in [0.3, 0.4) is 0 Å². The van der Waals surface area contributed by atoms with Crippen LogP contribution >= 0.6 is 12.2 Å². The summed E-state index contributed by atoms with van der Waals surface area (Å²) in [6, 6.07) is 14.4. The van der Waals surface area contributed by atoms with Crippen molar-refractivity contribution in [2.45, 2.75) is 46.2 Å². The Balaban J connectivity index is 1.69. The Hall–Kier alpha value is -3.72. The molecule has 0 unspecified atom stereocenters. The molecule has 1 fully saturated rings. The maximum absolute atomic E-state index is 13.3. The molecule has 9 heteroatoms. The van der Waals surface area contributed by atoms with Gasteiger partial charge in [0.05, 0.1) is 11.3 Å². The lowest BCUT2D eigenvalue weighted by molar-refractivity contribution is -0.137. The van der Waals surface area contributed by atoms with E-state index in [9.17, 15) is 22.8 Å². The molecule has 2 amide bonds. The van der Waals surface area contributed by atoms with E-state index in [-0.39, 0.29) is 16.4 Å². The summed E-state index contributed by atoms with van der Waals surface area (Å²) in [7, 11) is 0. The number of aromatic nitrogens is 1. The van der Waals surface area contributed by atoms with Crippen LogP contribution < -0.4 is 10.2 Å². The largest absolute Gasteiger partial charge is 0.416 e. The Labute approximate surface area is 218 Å². The van der Waals surface area contributed by atoms with Gasteiger partial charge in [0.1, 0.15) is 5.57 Å². The van der Waals surface area contributed by atoms with Crippen molar-refractivity contribution in [2.24, 2.45) is 0 Å². The van der Waals surface area contributed by atoms with E-state index in [4.69, 9.17) is 12.2 Å². The molecule has 0 saturated carbocycles. The van der Waals surface area contributed by atoms with Crippen LogP contribution in [0.15, 0.2) is 60.2 Å². The van der Waals surface area contributed by atoms with Crippen molar-refractivity contribution < 1.29 is 22.8 Å². The normalized spacial score (nSPS) is 15.5. The van der Waals surface area contributed by atoms with Gasteiger partial charge in [-0.2, -0.15) is 13.2 Å². The number of halogens is 3. The standard InChI is InChI=1S/C28H26F3N3O2S/c1-4-5-7-19-10-12-22(13-11-19)33-17(2)14-20(18(33)3)15-24-25(35)32-27(37)34(26(24)36)23-9-6-8-21(16-23)28(29,30)31/h6,8-16H,4-5,7H2,1-3H3,(H,32,35,37)/b24-15+. The van der Waals surface area contributed by atoms with Crippen molar-refractivity contribution in [3.8, 4) is 5.69 Å². The third kappa shape index (κ3) is 5.36. The number of hydrogen-bond donors (Lipinski definition) is 1. The van der Waals surface area contributed by atoms with E-state index in [1.54, 1.807) is 0 Å². The second-order valence-electron chi connectivity index (χ2n) is 8.94. The highest BCUT2D eigenvalue weighted by molar-refractivity contribution is 7.80. The van der Waals surface area contributed by atoms with Gasteiger partial charge < -0.3 is 4.57 Å². The average Bonchev–Trinajstić information content (AvgIpc) is 3.13. The SMILES string of the molecule is CCCCc1ccc(-n2c(C)cc(/C=C3\C(=O)NC(=S)N(c4cccc(C(F)(F)F)c4)C3=O)c2C)cc1. The molecule has 0 atom stereocenters. The Kier molecular flexibility index (Phi) is 7.36. The van der Waals surface area contributed by atoms with Crippen molar-refractivity contribution in [2.75, 3.05) is 4.90 Å². The zero-order chi connectivity index (χ0) is 26.9. The molecule has 1 aliphatic rings. The molecular formula is C28H26F3N3O2S. The smallest absolute Gasteiger partial charge is 0.318 e. The van der Waals surface area contributed by atoms with E-state index >= 15 is 0 Å². The molecule has 1 N–H and O–H groups in total. The van der Waals surface area contributed by atoms with Crippen molar-refractivity contribution in [1.82, 2.24) is 9.88 Å². The van der Waals surface area contributed by atoms with Crippen molar-refractivity contribution in [1.29, 1.82) is 0 Å². The van der Waals surface area contributed by atoms with Gasteiger partial charge in [-0.25, -0.2) is 0 Å². The lowest BCUT2D eigenvalue weighted by Gasteiger charge is -2.29. The summed E-state index contributed by atoms with van der Waals surface area (Å²) in [6.45, 7) is 5.96. The number of carbonyl (C=O) groups excluding carboxylic acids is 2. The van der Waals surface area contributed by atoms with Gasteiger partial charge in [0, 0.05) is 17.1 Å². The fourth-order valence-corrected chi connectivity index (χ4v) is 4.67. The maximum Gasteiger partial charge on any atom is 0.416 e. The van der Waals surface area contributed by atoms with Gasteiger partial charge >= 0.3 is 6.18 Å². The number of nitrogens with zero attached hydrogens (tertiary/aromatic N) is 2. The molecule has 4 rings (SSSR count). The quantitative estimate of drug-likeness (QED) is 0.234. The number of unbranched alkanes of at least 4 members (excludes halogenated alkanes) is 1. The number of nitrogens with one attached hydrogen (secondary N) is 1. The Morgan fingerprint density at radius 1 is 1.00 bits per heavy atom. The van der Waals surface area contributed by atoms with Crippen LogP contribution in [0, 0.1) is 13.8 Å². The molecule has 2 aromatic carbocycles. The minimum absolute atomic E-state index is 0.0793. The van der Waals surface area contributed by atoms with Crippen LogP contribution in [-0.4, -0.2) is 21.5 Å². The van der Waals surface area contributed by atoms with Crippen LogP contribution in [0.4, 0.5) is 18.9 Å². The van der Waals surface area contributed by atoms with E-state index in [2.05, 4.69) is 24.4 Å². The minimum Gasteiger partial charge on any atom is -0.318 e. The Morgan fingerprint density at radius 3 is 2.35 bits per heavy atom. The monoisotopic (exact) mass is 525 g/mol. The van der Waals surface area contributed by atoms with Gasteiger partial charge in [0.25, 0.3) is 11.8 Å². The molecule has 0 bridgehead atoms. The molecule has 37 heavy (non-hydrogen) atoms. The van der Waals surface area contributed by atoms with Gasteiger partial charge in [-0.05, 0) is 92.5 Å². The molecule has 0 aliphatic carbocycles. The number of aryl methyl sites for hydroxylation is 2. The third-order valence-electron chi connectivity index (χ3n) is 6.32. The van der Waals surface area contributed by atoms with Gasteiger partial charge in [-0.1, -0.05) is 31.5 Å². The van der Waals surface area contributed by atoms with Crippen LogP contribution in [0.5, 0.6) is 0 Å². The molecule has 3 aromatic rings. The zero-order valence-corrected chi connectivity index (χ0v) is 21.5. The van der Waals surface area contributed by atoms with E-state index in [1.165, 1.54) is 23.8 Å². The first-order chi connectivity index (χ1) is 17.5. The number of rotatable bonds is 6. The summed E-state index contributed by atoms with van der Waals surface area (Å²) in [5.41, 5.74) is 3.34. The van der Waals surface area contributed by atoms with E-state index < -0.39 is 23.6 Å². The first-order valence-electron chi connectivity index (χ1n) is 11.9. The summed E-state index contributed by atoms with van der Waals surface area (Å²) >= 11 is 5.13. The highest BCUT2D eigenvalue weighted by atomic mass is 32.1. The summed E-state index contributed by atoms with van der Waals surface area (Å²) in [5, 5.41) is 2.15.